The molecule has 0 saturated carbocycles. The van der Waals surface area contributed by atoms with Gasteiger partial charge < -0.3 is 10.6 Å². The number of nitrogen functional groups attached to an aromatic ring is 1. The van der Waals surface area contributed by atoms with E-state index in [-0.39, 0.29) is 5.91 Å². The summed E-state index contributed by atoms with van der Waals surface area (Å²) in [5.41, 5.74) is 7.84. The molecule has 0 spiro atoms. The Kier molecular flexibility index (Phi) is 2.92. The van der Waals surface area contributed by atoms with Crippen molar-refractivity contribution in [3.05, 3.63) is 46.7 Å². The maximum Gasteiger partial charge on any atom is 0.258 e. The molecule has 0 aliphatic rings. The van der Waals surface area contributed by atoms with Crippen LogP contribution in [-0.4, -0.2) is 13.0 Å². The molecule has 0 fully saturated rings. The van der Waals surface area contributed by atoms with Gasteiger partial charge in [-0.3, -0.25) is 4.79 Å². The third-order valence-electron chi connectivity index (χ3n) is 2.33. The topological polar surface area (TPSA) is 46.3 Å². The molecule has 0 unspecified atom stereocenters. The Balaban J connectivity index is 2.26. The molecule has 0 aliphatic heterocycles. The van der Waals surface area contributed by atoms with Crippen LogP contribution in [0, 0.1) is 0 Å². The minimum atomic E-state index is -0.0214. The number of hydrogen-bond donors (Lipinski definition) is 1. The van der Waals surface area contributed by atoms with Gasteiger partial charge in [0.2, 0.25) is 0 Å². The van der Waals surface area contributed by atoms with Crippen molar-refractivity contribution in [1.29, 1.82) is 0 Å². The van der Waals surface area contributed by atoms with Crippen molar-refractivity contribution >= 4 is 28.6 Å². The zero-order valence-electron chi connectivity index (χ0n) is 8.88. The number of nitrogens with zero attached hydrogens (tertiary/aromatic N) is 1. The standard InChI is InChI=1S/C12H12N2OS/c1-14(11-4-2-3-10(13)7-11)12(15)9-5-6-16-8-9/h2-8H,13H2,1H3. The molecule has 0 radical (unpaired) electrons. The number of rotatable bonds is 2. The fraction of sp³-hybridized carbons (Fsp3) is 0.0833. The number of nitrogens with two attached hydrogens (primary N) is 1. The third-order valence-corrected chi connectivity index (χ3v) is 3.01. The highest BCUT2D eigenvalue weighted by Crippen LogP contribution is 2.19. The summed E-state index contributed by atoms with van der Waals surface area (Å²) in [5.74, 6) is -0.0214. The molecular weight excluding hydrogens is 220 g/mol. The Bertz CT molecular complexity index is 493. The number of carbonyl (C=O) groups excluding carboxylic acids is 1. The summed E-state index contributed by atoms with van der Waals surface area (Å²) in [6.45, 7) is 0. The molecule has 0 aliphatic carbocycles. The van der Waals surface area contributed by atoms with Crippen LogP contribution in [0.25, 0.3) is 0 Å². The maximum absolute atomic E-state index is 12.0. The van der Waals surface area contributed by atoms with Gasteiger partial charge in [-0.15, -0.1) is 0 Å². The summed E-state index contributed by atoms with van der Waals surface area (Å²) in [5, 5.41) is 3.73. The SMILES string of the molecule is CN(C(=O)c1ccsc1)c1cccc(N)c1. The molecular formula is C12H12N2OS. The molecule has 4 heteroatoms. The average molecular weight is 232 g/mol. The first-order valence-electron chi connectivity index (χ1n) is 4.84. The van der Waals surface area contributed by atoms with E-state index in [0.717, 1.165) is 5.69 Å². The zero-order valence-corrected chi connectivity index (χ0v) is 9.70. The highest BCUT2D eigenvalue weighted by atomic mass is 32.1. The Morgan fingerprint density at radius 1 is 1.38 bits per heavy atom. The van der Waals surface area contributed by atoms with Crippen LogP contribution in [0.3, 0.4) is 0 Å². The molecule has 1 amide bonds. The molecule has 16 heavy (non-hydrogen) atoms. The Morgan fingerprint density at radius 3 is 2.81 bits per heavy atom. The van der Waals surface area contributed by atoms with E-state index in [4.69, 9.17) is 5.73 Å². The first kappa shape index (κ1) is 10.7. The van der Waals surface area contributed by atoms with Gasteiger partial charge in [0.1, 0.15) is 0 Å². The molecule has 0 saturated heterocycles. The maximum atomic E-state index is 12.0. The molecule has 0 atom stereocenters. The Labute approximate surface area is 98.1 Å². The van der Waals surface area contributed by atoms with Gasteiger partial charge in [0.25, 0.3) is 5.91 Å². The van der Waals surface area contributed by atoms with Crippen LogP contribution < -0.4 is 10.6 Å². The summed E-state index contributed by atoms with van der Waals surface area (Å²) >= 11 is 1.51. The van der Waals surface area contributed by atoms with Crippen LogP contribution in [-0.2, 0) is 0 Å². The van der Waals surface area contributed by atoms with Crippen molar-refractivity contribution in [3.8, 4) is 0 Å². The van der Waals surface area contributed by atoms with Gasteiger partial charge in [-0.25, -0.2) is 0 Å². The molecule has 1 aromatic carbocycles. The van der Waals surface area contributed by atoms with Gasteiger partial charge >= 0.3 is 0 Å². The Morgan fingerprint density at radius 2 is 2.19 bits per heavy atom. The predicted octanol–water partition coefficient (Wildman–Crippen LogP) is 2.61. The predicted molar refractivity (Wildman–Crippen MR) is 67.9 cm³/mol. The minimum Gasteiger partial charge on any atom is -0.399 e. The van der Waals surface area contributed by atoms with Crippen LogP contribution >= 0.6 is 11.3 Å². The van der Waals surface area contributed by atoms with Gasteiger partial charge in [0.05, 0.1) is 5.56 Å². The second-order valence-corrected chi connectivity index (χ2v) is 4.25. The van der Waals surface area contributed by atoms with Gasteiger partial charge in [-0.05, 0) is 29.6 Å². The number of hydrogen-bond acceptors (Lipinski definition) is 3. The number of thiophene rings is 1. The summed E-state index contributed by atoms with van der Waals surface area (Å²) in [4.78, 5) is 13.6. The van der Waals surface area contributed by atoms with Gasteiger partial charge in [0, 0.05) is 23.8 Å². The number of carbonyl (C=O) groups is 1. The first-order chi connectivity index (χ1) is 7.68. The molecule has 2 aromatic rings. The quantitative estimate of drug-likeness (QED) is 0.809. The van der Waals surface area contributed by atoms with E-state index < -0.39 is 0 Å². The van der Waals surface area contributed by atoms with Crippen LogP contribution in [0.4, 0.5) is 11.4 Å². The fourth-order valence-electron chi connectivity index (χ4n) is 1.43. The zero-order chi connectivity index (χ0) is 11.5. The van der Waals surface area contributed by atoms with E-state index in [1.165, 1.54) is 11.3 Å². The van der Waals surface area contributed by atoms with Crippen molar-refractivity contribution in [2.45, 2.75) is 0 Å². The highest BCUT2D eigenvalue weighted by molar-refractivity contribution is 7.08. The molecule has 1 aromatic heterocycles. The first-order valence-corrected chi connectivity index (χ1v) is 5.78. The summed E-state index contributed by atoms with van der Waals surface area (Å²) in [6, 6.07) is 9.09. The number of anilines is 2. The normalized spacial score (nSPS) is 10.1. The molecule has 2 N–H and O–H groups in total. The molecule has 3 nitrogen and oxygen atoms in total. The van der Waals surface area contributed by atoms with Crippen molar-refractivity contribution in [1.82, 2.24) is 0 Å². The van der Waals surface area contributed by atoms with Crippen molar-refractivity contribution < 1.29 is 4.79 Å². The van der Waals surface area contributed by atoms with E-state index >= 15 is 0 Å². The summed E-state index contributed by atoms with van der Waals surface area (Å²) < 4.78 is 0. The number of benzene rings is 1. The Hall–Kier alpha value is -1.81. The van der Waals surface area contributed by atoms with Crippen molar-refractivity contribution in [2.24, 2.45) is 0 Å². The largest absolute Gasteiger partial charge is 0.399 e. The van der Waals surface area contributed by atoms with E-state index in [0.29, 0.717) is 11.3 Å². The van der Waals surface area contributed by atoms with Crippen molar-refractivity contribution in [2.75, 3.05) is 17.7 Å². The monoisotopic (exact) mass is 232 g/mol. The molecule has 1 heterocycles. The van der Waals surface area contributed by atoms with E-state index in [1.54, 1.807) is 24.1 Å². The van der Waals surface area contributed by atoms with Gasteiger partial charge in [0.15, 0.2) is 0 Å². The second-order valence-electron chi connectivity index (χ2n) is 3.47. The highest BCUT2D eigenvalue weighted by Gasteiger charge is 2.13. The summed E-state index contributed by atoms with van der Waals surface area (Å²) in [7, 11) is 1.74. The van der Waals surface area contributed by atoms with Crippen LogP contribution in [0.2, 0.25) is 0 Å². The lowest BCUT2D eigenvalue weighted by molar-refractivity contribution is 0.0993. The van der Waals surface area contributed by atoms with Crippen LogP contribution in [0.5, 0.6) is 0 Å². The molecule has 82 valence electrons. The average Bonchev–Trinajstić information content (AvgIpc) is 2.80. The molecule has 0 bridgehead atoms. The lowest BCUT2D eigenvalue weighted by Gasteiger charge is -2.16. The minimum absolute atomic E-state index is 0.0214. The third kappa shape index (κ3) is 2.06. The van der Waals surface area contributed by atoms with E-state index in [9.17, 15) is 4.79 Å². The fourth-order valence-corrected chi connectivity index (χ4v) is 2.06. The second kappa shape index (κ2) is 4.37. The number of amides is 1. The van der Waals surface area contributed by atoms with Crippen molar-refractivity contribution in [3.63, 3.8) is 0 Å². The van der Waals surface area contributed by atoms with Crippen LogP contribution in [0.1, 0.15) is 10.4 Å². The van der Waals surface area contributed by atoms with Crippen LogP contribution in [0.15, 0.2) is 41.1 Å². The van der Waals surface area contributed by atoms with E-state index in [1.807, 2.05) is 29.0 Å². The summed E-state index contributed by atoms with van der Waals surface area (Å²) in [6.07, 6.45) is 0. The lowest BCUT2D eigenvalue weighted by Crippen LogP contribution is -2.25. The molecule has 2 rings (SSSR count). The lowest BCUT2D eigenvalue weighted by atomic mass is 10.2. The van der Waals surface area contributed by atoms with Gasteiger partial charge in [-0.2, -0.15) is 11.3 Å². The van der Waals surface area contributed by atoms with E-state index in [2.05, 4.69) is 0 Å². The van der Waals surface area contributed by atoms with Gasteiger partial charge in [-0.1, -0.05) is 6.07 Å². The smallest absolute Gasteiger partial charge is 0.258 e.